The van der Waals surface area contributed by atoms with E-state index in [1.807, 2.05) is 0 Å². The monoisotopic (exact) mass is 259 g/mol. The smallest absolute Gasteiger partial charge is 0.395 e. The molecule has 0 fully saturated rings. The first-order chi connectivity index (χ1) is 7.49. The largest absolute Gasteiger partial charge is 0.401 e. The summed E-state index contributed by atoms with van der Waals surface area (Å²) in [6.07, 6.45) is -0.519. The predicted octanol–water partition coefficient (Wildman–Crippen LogP) is 2.33. The van der Waals surface area contributed by atoms with Crippen molar-refractivity contribution in [2.24, 2.45) is 0 Å². The van der Waals surface area contributed by atoms with Crippen LogP contribution >= 0.6 is 12.6 Å². The van der Waals surface area contributed by atoms with Gasteiger partial charge >= 0.3 is 6.18 Å². The molecule has 0 aromatic heterocycles. The molecule has 0 bridgehead atoms. The van der Waals surface area contributed by atoms with E-state index in [1.54, 1.807) is 0 Å². The molecule has 2 nitrogen and oxygen atoms in total. The zero-order chi connectivity index (χ0) is 12.4. The Kier molecular flexibility index (Phi) is 9.16. The van der Waals surface area contributed by atoms with Crippen molar-refractivity contribution in [1.82, 2.24) is 4.90 Å². The molecule has 0 spiro atoms. The van der Waals surface area contributed by atoms with Gasteiger partial charge in [-0.05, 0) is 25.1 Å². The van der Waals surface area contributed by atoms with Crippen molar-refractivity contribution in [3.05, 3.63) is 0 Å². The van der Waals surface area contributed by atoms with Crippen LogP contribution in [0.25, 0.3) is 0 Å². The van der Waals surface area contributed by atoms with Gasteiger partial charge in [-0.3, -0.25) is 4.90 Å². The molecule has 0 atom stereocenters. The molecule has 0 saturated heterocycles. The minimum Gasteiger partial charge on any atom is -0.395 e. The van der Waals surface area contributed by atoms with Crippen molar-refractivity contribution in [2.45, 2.75) is 31.9 Å². The maximum atomic E-state index is 12.1. The van der Waals surface area contributed by atoms with Crippen molar-refractivity contribution in [2.75, 3.05) is 32.0 Å². The van der Waals surface area contributed by atoms with Crippen LogP contribution in [0.2, 0.25) is 0 Å². The Bertz CT molecular complexity index is 167. The molecule has 0 unspecified atom stereocenters. The molecule has 1 N–H and O–H groups in total. The number of nitrogens with zero attached hydrogens (tertiary/aromatic N) is 1. The van der Waals surface area contributed by atoms with Crippen molar-refractivity contribution >= 4 is 12.6 Å². The Morgan fingerprint density at radius 3 is 2.12 bits per heavy atom. The molecular weight excluding hydrogens is 239 g/mol. The first-order valence-corrected chi connectivity index (χ1v) is 6.13. The third-order valence-electron chi connectivity index (χ3n) is 2.20. The Labute approximate surface area is 100 Å². The summed E-state index contributed by atoms with van der Waals surface area (Å²) in [6.45, 7) is -0.675. The highest BCUT2D eigenvalue weighted by Gasteiger charge is 2.30. The maximum absolute atomic E-state index is 12.1. The fourth-order valence-corrected chi connectivity index (χ4v) is 1.69. The van der Waals surface area contributed by atoms with E-state index in [4.69, 9.17) is 5.11 Å². The molecule has 0 saturated carbocycles. The second-order valence-electron chi connectivity index (χ2n) is 3.75. The van der Waals surface area contributed by atoms with Crippen molar-refractivity contribution in [3.63, 3.8) is 0 Å². The van der Waals surface area contributed by atoms with E-state index in [2.05, 4.69) is 12.6 Å². The minimum absolute atomic E-state index is 0.0894. The Balaban J connectivity index is 3.68. The summed E-state index contributed by atoms with van der Waals surface area (Å²) >= 11 is 4.06. The van der Waals surface area contributed by atoms with Gasteiger partial charge in [-0.25, -0.2) is 0 Å². The van der Waals surface area contributed by atoms with Crippen LogP contribution < -0.4 is 0 Å². The van der Waals surface area contributed by atoms with Crippen LogP contribution in [0, 0.1) is 0 Å². The normalized spacial score (nSPS) is 12.4. The lowest BCUT2D eigenvalue weighted by atomic mass is 10.2. The fraction of sp³-hybridized carbons (Fsp3) is 1.00. The van der Waals surface area contributed by atoms with E-state index in [-0.39, 0.29) is 13.2 Å². The SMILES string of the molecule is OCCN(CCCCCCS)CC(F)(F)F. The second kappa shape index (κ2) is 9.13. The summed E-state index contributed by atoms with van der Waals surface area (Å²) in [5.74, 6) is 0.822. The molecule has 16 heavy (non-hydrogen) atoms. The molecule has 0 aliphatic carbocycles. The van der Waals surface area contributed by atoms with E-state index in [0.717, 1.165) is 31.4 Å². The molecule has 0 aromatic carbocycles. The highest BCUT2D eigenvalue weighted by molar-refractivity contribution is 7.80. The predicted molar refractivity (Wildman–Crippen MR) is 61.9 cm³/mol. The van der Waals surface area contributed by atoms with Crippen LogP contribution in [-0.2, 0) is 0 Å². The number of aliphatic hydroxyl groups excluding tert-OH is 1. The van der Waals surface area contributed by atoms with E-state index in [0.29, 0.717) is 6.54 Å². The molecule has 0 amide bonds. The highest BCUT2D eigenvalue weighted by atomic mass is 32.1. The minimum atomic E-state index is -4.18. The zero-order valence-electron chi connectivity index (χ0n) is 9.34. The van der Waals surface area contributed by atoms with Gasteiger partial charge in [0.15, 0.2) is 0 Å². The molecule has 0 aromatic rings. The van der Waals surface area contributed by atoms with Gasteiger partial charge in [-0.15, -0.1) is 0 Å². The van der Waals surface area contributed by atoms with Gasteiger partial charge in [0.1, 0.15) is 0 Å². The van der Waals surface area contributed by atoms with Crippen molar-refractivity contribution in [1.29, 1.82) is 0 Å². The number of thiol groups is 1. The van der Waals surface area contributed by atoms with Gasteiger partial charge in [0.05, 0.1) is 13.2 Å². The van der Waals surface area contributed by atoms with E-state index < -0.39 is 12.7 Å². The maximum Gasteiger partial charge on any atom is 0.401 e. The molecule has 0 rings (SSSR count). The van der Waals surface area contributed by atoms with Gasteiger partial charge in [0, 0.05) is 6.54 Å². The summed E-state index contributed by atoms with van der Waals surface area (Å²) in [5.41, 5.74) is 0. The lowest BCUT2D eigenvalue weighted by molar-refractivity contribution is -0.146. The molecule has 98 valence electrons. The Morgan fingerprint density at radius 1 is 1.00 bits per heavy atom. The first-order valence-electron chi connectivity index (χ1n) is 5.50. The van der Waals surface area contributed by atoms with E-state index in [1.165, 1.54) is 4.90 Å². The first kappa shape index (κ1) is 16.1. The number of hydrogen-bond donors (Lipinski definition) is 2. The third kappa shape index (κ3) is 10.6. The number of halogens is 3. The highest BCUT2D eigenvalue weighted by Crippen LogP contribution is 2.16. The summed E-state index contributed by atoms with van der Waals surface area (Å²) in [6, 6.07) is 0. The second-order valence-corrected chi connectivity index (χ2v) is 4.20. The van der Waals surface area contributed by atoms with E-state index in [9.17, 15) is 13.2 Å². The lowest BCUT2D eigenvalue weighted by Gasteiger charge is -2.22. The number of unbranched alkanes of at least 4 members (excludes halogenated alkanes) is 3. The van der Waals surface area contributed by atoms with Crippen LogP contribution in [0.15, 0.2) is 0 Å². The Hall–Kier alpha value is 0.0600. The molecule has 0 aliphatic heterocycles. The molecular formula is C10H20F3NOS. The number of alkyl halides is 3. The quantitative estimate of drug-likeness (QED) is 0.490. The van der Waals surface area contributed by atoms with Gasteiger partial charge in [0.25, 0.3) is 0 Å². The van der Waals surface area contributed by atoms with Crippen molar-refractivity contribution in [3.8, 4) is 0 Å². The number of rotatable bonds is 9. The lowest BCUT2D eigenvalue weighted by Crippen LogP contribution is -2.36. The summed E-state index contributed by atoms with van der Waals surface area (Å²) in [7, 11) is 0. The van der Waals surface area contributed by atoms with Gasteiger partial charge in [0.2, 0.25) is 0 Å². The summed E-state index contributed by atoms with van der Waals surface area (Å²) in [5, 5.41) is 8.66. The number of aliphatic hydroxyl groups is 1. The van der Waals surface area contributed by atoms with Gasteiger partial charge in [-0.2, -0.15) is 25.8 Å². The van der Waals surface area contributed by atoms with Gasteiger partial charge in [-0.1, -0.05) is 12.8 Å². The van der Waals surface area contributed by atoms with Crippen molar-refractivity contribution < 1.29 is 18.3 Å². The van der Waals surface area contributed by atoms with Crippen LogP contribution in [0.5, 0.6) is 0 Å². The zero-order valence-corrected chi connectivity index (χ0v) is 10.2. The van der Waals surface area contributed by atoms with E-state index >= 15 is 0 Å². The third-order valence-corrected chi connectivity index (χ3v) is 2.52. The topological polar surface area (TPSA) is 23.5 Å². The van der Waals surface area contributed by atoms with Gasteiger partial charge < -0.3 is 5.11 Å². The molecule has 0 radical (unpaired) electrons. The van der Waals surface area contributed by atoms with Crippen LogP contribution in [0.3, 0.4) is 0 Å². The molecule has 0 heterocycles. The van der Waals surface area contributed by atoms with Crippen LogP contribution in [-0.4, -0.2) is 48.2 Å². The average Bonchev–Trinajstić information content (AvgIpc) is 2.15. The average molecular weight is 259 g/mol. The molecule has 6 heteroatoms. The Morgan fingerprint density at radius 2 is 1.62 bits per heavy atom. The van der Waals surface area contributed by atoms with Crippen LogP contribution in [0.4, 0.5) is 13.2 Å². The standard InChI is InChI=1S/C10H20F3NOS/c11-10(12,13)9-14(6-7-15)5-3-1-2-4-8-16/h15-16H,1-9H2. The summed E-state index contributed by atoms with van der Waals surface area (Å²) < 4.78 is 36.4. The van der Waals surface area contributed by atoms with Crippen LogP contribution in [0.1, 0.15) is 25.7 Å². The fourth-order valence-electron chi connectivity index (χ4n) is 1.47. The molecule has 0 aliphatic rings. The summed E-state index contributed by atoms with van der Waals surface area (Å²) in [4.78, 5) is 1.25. The number of hydrogen-bond acceptors (Lipinski definition) is 3.